The first kappa shape index (κ1) is 34.7. The largest absolute Gasteiger partial charge is 0.496 e. The molecule has 6 nitrogen and oxygen atoms in total. The third kappa shape index (κ3) is 8.46. The van der Waals surface area contributed by atoms with Gasteiger partial charge in [0.2, 0.25) is 0 Å². The molecule has 7 heteroatoms. The van der Waals surface area contributed by atoms with Crippen LogP contribution in [0.1, 0.15) is 80.0 Å². The molecule has 0 saturated heterocycles. The summed E-state index contributed by atoms with van der Waals surface area (Å²) in [6, 6.07) is 15.4. The lowest BCUT2D eigenvalue weighted by Gasteiger charge is -2.30. The lowest BCUT2D eigenvalue weighted by atomic mass is 9.92. The van der Waals surface area contributed by atoms with Crippen molar-refractivity contribution in [1.29, 1.82) is 0 Å². The third-order valence-electron chi connectivity index (χ3n) is 7.65. The van der Waals surface area contributed by atoms with E-state index < -0.39 is 6.10 Å². The average Bonchev–Trinajstić information content (AvgIpc) is 3.04. The number of carbonyl (C=O) groups is 1. The maximum Gasteiger partial charge on any atom is 0.251 e. The van der Waals surface area contributed by atoms with Crippen molar-refractivity contribution in [1.82, 2.24) is 0 Å². The van der Waals surface area contributed by atoms with Crippen LogP contribution in [-0.2, 0) is 35.3 Å². The molecule has 1 atom stereocenters. The zero-order chi connectivity index (χ0) is 32.2. The van der Waals surface area contributed by atoms with Gasteiger partial charge in [0.15, 0.2) is 0 Å². The zero-order valence-electron chi connectivity index (χ0n) is 26.9. The fraction of sp³-hybridized carbons (Fsp3) is 0.378. The minimum Gasteiger partial charge on any atom is -0.496 e. The number of para-hydroxylation sites is 1. The molecule has 236 valence electrons. The minimum atomic E-state index is -1.12. The van der Waals surface area contributed by atoms with E-state index in [2.05, 4.69) is 20.4 Å². The first-order valence-electron chi connectivity index (χ1n) is 15.4. The summed E-state index contributed by atoms with van der Waals surface area (Å²) in [4.78, 5) is 15.9. The van der Waals surface area contributed by atoms with Gasteiger partial charge in [0.05, 0.1) is 33.1 Å². The van der Waals surface area contributed by atoms with Crippen molar-refractivity contribution in [2.45, 2.75) is 72.4 Å². The van der Waals surface area contributed by atoms with Crippen molar-refractivity contribution in [2.75, 3.05) is 25.7 Å². The normalized spacial score (nSPS) is 11.8. The number of benzene rings is 3. The molecule has 44 heavy (non-hydrogen) atoms. The van der Waals surface area contributed by atoms with E-state index in [1.807, 2.05) is 56.3 Å². The SMILES string of the molecule is C=C(/C=C/C(=O)N(Cc1ccc(CC)cc1OC)c1c(CCCC)cc(Cl)cc1C(O)c1cccc(CC)c1OC)OCC. The Morgan fingerprint density at radius 3 is 2.36 bits per heavy atom. The van der Waals surface area contributed by atoms with E-state index in [-0.39, 0.29) is 12.5 Å². The van der Waals surface area contributed by atoms with Gasteiger partial charge in [-0.15, -0.1) is 0 Å². The standard InChI is InChI=1S/C37H46ClNO5/c1-8-12-14-28-22-30(38)23-32(36(41)31-16-13-15-27(10-3)37(31)43-7)35(28)39(34(40)20-17-25(5)44-11-4)24-29-19-18-26(9-2)21-33(29)42-6/h13,15-23,36,41H,5,8-12,14,24H2,1-4,6-7H3/b20-17+. The maximum absolute atomic E-state index is 14.2. The van der Waals surface area contributed by atoms with Crippen LogP contribution in [0.15, 0.2) is 73.0 Å². The van der Waals surface area contributed by atoms with Crippen LogP contribution in [0.4, 0.5) is 5.69 Å². The molecule has 1 amide bonds. The Morgan fingerprint density at radius 1 is 0.955 bits per heavy atom. The molecule has 0 aliphatic carbocycles. The number of hydrogen-bond acceptors (Lipinski definition) is 5. The average molecular weight is 620 g/mol. The monoisotopic (exact) mass is 619 g/mol. The van der Waals surface area contributed by atoms with E-state index in [9.17, 15) is 9.90 Å². The topological polar surface area (TPSA) is 68.2 Å². The van der Waals surface area contributed by atoms with E-state index in [0.29, 0.717) is 52.1 Å². The molecule has 1 N–H and O–H groups in total. The lowest BCUT2D eigenvalue weighted by molar-refractivity contribution is -0.114. The second kappa shape index (κ2) is 16.9. The quantitative estimate of drug-likeness (QED) is 0.0988. The number of rotatable bonds is 16. The molecule has 0 radical (unpaired) electrons. The van der Waals surface area contributed by atoms with E-state index in [1.165, 1.54) is 6.08 Å². The van der Waals surface area contributed by atoms with Crippen LogP contribution in [0, 0.1) is 0 Å². The van der Waals surface area contributed by atoms with Crippen LogP contribution in [0.2, 0.25) is 5.02 Å². The summed E-state index contributed by atoms with van der Waals surface area (Å²) in [5, 5.41) is 12.6. The number of ether oxygens (including phenoxy) is 3. The molecule has 0 aromatic heterocycles. The van der Waals surface area contributed by atoms with Gasteiger partial charge in [-0.05, 0) is 73.6 Å². The highest BCUT2D eigenvalue weighted by molar-refractivity contribution is 6.31. The second-order valence-corrected chi connectivity index (χ2v) is 11.0. The summed E-state index contributed by atoms with van der Waals surface area (Å²) in [7, 11) is 3.24. The Labute approximate surface area is 267 Å². The Morgan fingerprint density at radius 2 is 1.73 bits per heavy atom. The van der Waals surface area contributed by atoms with Gasteiger partial charge in [-0.2, -0.15) is 0 Å². The predicted molar refractivity (Wildman–Crippen MR) is 180 cm³/mol. The summed E-state index contributed by atoms with van der Waals surface area (Å²) in [5.74, 6) is 1.39. The number of unbranched alkanes of at least 4 members (excludes halogenated alkanes) is 1. The van der Waals surface area contributed by atoms with Gasteiger partial charge in [-0.1, -0.05) is 75.7 Å². The molecule has 0 saturated carbocycles. The predicted octanol–water partition coefficient (Wildman–Crippen LogP) is 8.55. The van der Waals surface area contributed by atoms with Gasteiger partial charge in [0.1, 0.15) is 23.4 Å². The number of carbonyl (C=O) groups excluding carboxylic acids is 1. The molecule has 3 aromatic rings. The number of allylic oxidation sites excluding steroid dienone is 1. The molecule has 3 aromatic carbocycles. The van der Waals surface area contributed by atoms with E-state index in [1.54, 1.807) is 31.3 Å². The fourth-order valence-corrected chi connectivity index (χ4v) is 5.60. The highest BCUT2D eigenvalue weighted by atomic mass is 35.5. The lowest BCUT2D eigenvalue weighted by Crippen LogP contribution is -2.31. The van der Waals surface area contributed by atoms with E-state index in [4.69, 9.17) is 25.8 Å². The van der Waals surface area contributed by atoms with Gasteiger partial charge in [0, 0.05) is 27.8 Å². The van der Waals surface area contributed by atoms with Crippen molar-refractivity contribution in [3.63, 3.8) is 0 Å². The van der Waals surface area contributed by atoms with Crippen molar-refractivity contribution in [3.05, 3.63) is 111 Å². The van der Waals surface area contributed by atoms with Crippen molar-refractivity contribution < 1.29 is 24.1 Å². The van der Waals surface area contributed by atoms with Crippen LogP contribution < -0.4 is 14.4 Å². The number of aliphatic hydroxyl groups is 1. The Hall–Kier alpha value is -3.74. The summed E-state index contributed by atoms with van der Waals surface area (Å²) in [6.07, 6.45) is 6.00. The fourth-order valence-electron chi connectivity index (χ4n) is 5.35. The number of aryl methyl sites for hydroxylation is 3. The van der Waals surface area contributed by atoms with Crippen LogP contribution in [0.5, 0.6) is 11.5 Å². The molecule has 3 rings (SSSR count). The molecule has 0 heterocycles. The van der Waals surface area contributed by atoms with E-state index in [0.717, 1.165) is 47.9 Å². The number of aliphatic hydroxyl groups excluding tert-OH is 1. The highest BCUT2D eigenvalue weighted by Crippen LogP contribution is 2.42. The highest BCUT2D eigenvalue weighted by Gasteiger charge is 2.28. The Balaban J connectivity index is 2.32. The molecule has 0 aliphatic heterocycles. The van der Waals surface area contributed by atoms with Crippen molar-refractivity contribution in [3.8, 4) is 11.5 Å². The molecule has 0 fully saturated rings. The first-order valence-corrected chi connectivity index (χ1v) is 15.7. The first-order chi connectivity index (χ1) is 21.2. The van der Waals surface area contributed by atoms with Gasteiger partial charge in [-0.25, -0.2) is 0 Å². The summed E-state index contributed by atoms with van der Waals surface area (Å²) < 4.78 is 17.0. The van der Waals surface area contributed by atoms with Gasteiger partial charge < -0.3 is 24.2 Å². The summed E-state index contributed by atoms with van der Waals surface area (Å²) in [5.41, 5.74) is 5.54. The van der Waals surface area contributed by atoms with Gasteiger partial charge in [-0.3, -0.25) is 4.79 Å². The maximum atomic E-state index is 14.2. The summed E-state index contributed by atoms with van der Waals surface area (Å²) in [6.45, 7) is 12.6. The number of hydrogen-bond donors (Lipinski definition) is 1. The second-order valence-electron chi connectivity index (χ2n) is 10.6. The minimum absolute atomic E-state index is 0.198. The van der Waals surface area contributed by atoms with Gasteiger partial charge >= 0.3 is 0 Å². The molecule has 0 bridgehead atoms. The van der Waals surface area contributed by atoms with Crippen LogP contribution in [0.3, 0.4) is 0 Å². The van der Waals surface area contributed by atoms with Crippen LogP contribution >= 0.6 is 11.6 Å². The molecule has 0 aliphatic rings. The van der Waals surface area contributed by atoms with Crippen LogP contribution in [0.25, 0.3) is 0 Å². The third-order valence-corrected chi connectivity index (χ3v) is 7.87. The number of amides is 1. The Kier molecular flexibility index (Phi) is 13.4. The molecule has 0 spiro atoms. The van der Waals surface area contributed by atoms with Crippen molar-refractivity contribution >= 4 is 23.2 Å². The van der Waals surface area contributed by atoms with Crippen LogP contribution in [-0.4, -0.2) is 31.8 Å². The Bertz CT molecular complexity index is 1460. The van der Waals surface area contributed by atoms with Gasteiger partial charge in [0.25, 0.3) is 5.91 Å². The zero-order valence-corrected chi connectivity index (χ0v) is 27.7. The smallest absolute Gasteiger partial charge is 0.251 e. The van der Waals surface area contributed by atoms with E-state index >= 15 is 0 Å². The molecular weight excluding hydrogens is 574 g/mol. The summed E-state index contributed by atoms with van der Waals surface area (Å²) >= 11 is 6.72. The number of methoxy groups -OCH3 is 2. The number of nitrogens with zero attached hydrogens (tertiary/aromatic N) is 1. The number of anilines is 1. The molecule has 1 unspecified atom stereocenters. The molecular formula is C37H46ClNO5. The number of halogens is 1. The van der Waals surface area contributed by atoms with Crippen molar-refractivity contribution in [2.24, 2.45) is 0 Å².